The summed E-state index contributed by atoms with van der Waals surface area (Å²) in [4.78, 5) is 0. The first-order chi connectivity index (χ1) is 25.3. The highest BCUT2D eigenvalue weighted by Gasteiger charge is 2.59. The average molecular weight is 721 g/mol. The van der Waals surface area contributed by atoms with Gasteiger partial charge in [-0.2, -0.15) is 0 Å². The fourth-order valence-corrected chi connectivity index (χ4v) is 7.05. The third kappa shape index (κ3) is 9.18. The minimum atomic E-state index is -1.28. The van der Waals surface area contributed by atoms with E-state index in [4.69, 9.17) is 47.4 Å². The van der Waals surface area contributed by atoms with E-state index < -0.39 is 66.7 Å². The minimum absolute atomic E-state index is 0.118. The van der Waals surface area contributed by atoms with Crippen molar-refractivity contribution in [3.8, 4) is 0 Å². The molecule has 0 saturated carbocycles. The number of rotatable bonds is 15. The number of fused-ring (bicyclic) bond motifs is 1. The largest absolute Gasteiger partial charge is 0.385 e. The Labute approximate surface area is 306 Å². The van der Waals surface area contributed by atoms with Gasteiger partial charge in [0, 0.05) is 20.6 Å². The van der Waals surface area contributed by atoms with Crippen molar-refractivity contribution in [3.63, 3.8) is 0 Å². The third-order valence-corrected chi connectivity index (χ3v) is 9.78. The van der Waals surface area contributed by atoms with Crippen LogP contribution in [0, 0.1) is 0 Å². The van der Waals surface area contributed by atoms with E-state index in [0.717, 1.165) is 16.7 Å². The normalized spacial score (nSPS) is 33.1. The van der Waals surface area contributed by atoms with E-state index >= 15 is 0 Å². The topological polar surface area (TPSA) is 113 Å². The molecule has 52 heavy (non-hydrogen) atoms. The summed E-state index contributed by atoms with van der Waals surface area (Å²) in [5.74, 6) is -0.948. The first-order valence-electron chi connectivity index (χ1n) is 17.9. The Morgan fingerprint density at radius 1 is 0.731 bits per heavy atom. The molecule has 3 saturated heterocycles. The molecule has 3 aliphatic rings. The quantitative estimate of drug-likeness (QED) is 0.206. The van der Waals surface area contributed by atoms with Crippen molar-refractivity contribution in [2.75, 3.05) is 27.4 Å². The van der Waals surface area contributed by atoms with Crippen molar-refractivity contribution in [1.82, 2.24) is 0 Å². The zero-order chi connectivity index (χ0) is 36.6. The number of hydrogen-bond donors (Lipinski definition) is 1. The SMILES string of the molecule is C=C[C@@]12CCOC(C)(C)O[C@H]1[C@H](OC)[C@@H](O)[C@H](O[C@H]1[C@H](OCc3ccccc3)[C@@H](OCc3ccccc3)[C@@H](OC)O[C@@H]1COCc1ccccc1)O2. The van der Waals surface area contributed by atoms with Crippen molar-refractivity contribution in [1.29, 1.82) is 0 Å². The molecule has 0 unspecified atom stereocenters. The first-order valence-corrected chi connectivity index (χ1v) is 17.9. The van der Waals surface area contributed by atoms with Crippen LogP contribution >= 0.6 is 0 Å². The second-order valence-corrected chi connectivity index (χ2v) is 13.8. The smallest absolute Gasteiger partial charge is 0.187 e. The Bertz CT molecular complexity index is 1510. The zero-order valence-corrected chi connectivity index (χ0v) is 30.4. The van der Waals surface area contributed by atoms with Gasteiger partial charge in [0.15, 0.2) is 18.4 Å². The Morgan fingerprint density at radius 3 is 1.87 bits per heavy atom. The van der Waals surface area contributed by atoms with Crippen LogP contribution in [-0.2, 0) is 67.2 Å². The molecule has 282 valence electrons. The Kier molecular flexibility index (Phi) is 13.3. The molecular weight excluding hydrogens is 668 g/mol. The number of hydrogen-bond acceptors (Lipinski definition) is 11. The van der Waals surface area contributed by atoms with Gasteiger partial charge in [0.25, 0.3) is 0 Å². The molecule has 0 aromatic heterocycles. The number of aliphatic hydroxyl groups is 1. The van der Waals surface area contributed by atoms with E-state index in [1.807, 2.05) is 105 Å². The lowest BCUT2D eigenvalue weighted by molar-refractivity contribution is -0.383. The lowest BCUT2D eigenvalue weighted by atomic mass is 9.84. The highest BCUT2D eigenvalue weighted by Crippen LogP contribution is 2.43. The summed E-state index contributed by atoms with van der Waals surface area (Å²) < 4.78 is 64.0. The minimum Gasteiger partial charge on any atom is -0.385 e. The van der Waals surface area contributed by atoms with Crippen molar-refractivity contribution in [2.45, 2.75) is 107 Å². The standard InChI is InChI=1S/C41H52O11/c1-6-41-22-23-48-40(2,3)51-37(41)34(43-4)32(42)38(52-41)50-33-31(27-45-24-28-16-10-7-11-17-28)49-39(44-5)36(47-26-30-20-14-9-15-21-30)35(33)46-25-29-18-12-8-13-19-29/h6-21,31-39,42H,1,22-27H2,2-5H3/t31-,32-,33-,34-,35+,36-,37+,38-,39+,41-/m1/s1. The number of methoxy groups -OCH3 is 2. The van der Waals surface area contributed by atoms with Crippen LogP contribution < -0.4 is 0 Å². The van der Waals surface area contributed by atoms with Gasteiger partial charge >= 0.3 is 0 Å². The van der Waals surface area contributed by atoms with Gasteiger partial charge in [0.05, 0.1) is 33.0 Å². The maximum atomic E-state index is 11.9. The van der Waals surface area contributed by atoms with Crippen LogP contribution in [0.3, 0.4) is 0 Å². The van der Waals surface area contributed by atoms with E-state index in [0.29, 0.717) is 19.6 Å². The molecule has 3 heterocycles. The second kappa shape index (κ2) is 17.9. The zero-order valence-electron chi connectivity index (χ0n) is 30.4. The number of benzene rings is 3. The summed E-state index contributed by atoms with van der Waals surface area (Å²) in [6.07, 6.45) is -5.96. The fraction of sp³-hybridized carbons (Fsp3) is 0.512. The lowest BCUT2D eigenvalue weighted by Gasteiger charge is -2.52. The van der Waals surface area contributed by atoms with E-state index in [-0.39, 0.29) is 19.8 Å². The summed E-state index contributed by atoms with van der Waals surface area (Å²) in [5.41, 5.74) is 1.83. The predicted octanol–water partition coefficient (Wildman–Crippen LogP) is 5.33. The van der Waals surface area contributed by atoms with Crippen molar-refractivity contribution in [3.05, 3.63) is 120 Å². The highest BCUT2D eigenvalue weighted by molar-refractivity contribution is 5.16. The van der Waals surface area contributed by atoms with Gasteiger partial charge in [-0.25, -0.2) is 0 Å². The second-order valence-electron chi connectivity index (χ2n) is 13.8. The molecule has 11 nitrogen and oxygen atoms in total. The number of aliphatic hydroxyl groups excluding tert-OH is 1. The molecule has 0 aliphatic carbocycles. The van der Waals surface area contributed by atoms with E-state index in [2.05, 4.69) is 6.58 Å². The molecule has 1 N–H and O–H groups in total. The molecule has 3 aromatic rings. The van der Waals surface area contributed by atoms with Gasteiger partial charge in [0.1, 0.15) is 48.3 Å². The summed E-state index contributed by atoms with van der Waals surface area (Å²) in [6.45, 7) is 9.06. The number of ether oxygens (including phenoxy) is 10. The van der Waals surface area contributed by atoms with Crippen molar-refractivity contribution < 1.29 is 52.5 Å². The summed E-state index contributed by atoms with van der Waals surface area (Å²) in [7, 11) is 3.10. The van der Waals surface area contributed by atoms with Gasteiger partial charge in [-0.05, 0) is 30.5 Å². The highest BCUT2D eigenvalue weighted by atomic mass is 16.8. The first kappa shape index (κ1) is 38.7. The predicted molar refractivity (Wildman–Crippen MR) is 191 cm³/mol. The van der Waals surface area contributed by atoms with Crippen LogP contribution in [0.25, 0.3) is 0 Å². The Morgan fingerprint density at radius 2 is 1.31 bits per heavy atom. The average Bonchev–Trinajstić information content (AvgIpc) is 3.30. The maximum absolute atomic E-state index is 11.9. The third-order valence-electron chi connectivity index (χ3n) is 9.78. The summed E-state index contributed by atoms with van der Waals surface area (Å²) in [5, 5.41) is 11.9. The molecule has 10 atom stereocenters. The van der Waals surface area contributed by atoms with Gasteiger partial charge in [-0.3, -0.25) is 0 Å². The van der Waals surface area contributed by atoms with Gasteiger partial charge in [-0.1, -0.05) is 97.1 Å². The van der Waals surface area contributed by atoms with Gasteiger partial charge < -0.3 is 52.5 Å². The molecule has 0 spiro atoms. The molecule has 11 heteroatoms. The van der Waals surface area contributed by atoms with Gasteiger partial charge in [-0.15, -0.1) is 6.58 Å². The molecule has 3 aliphatic heterocycles. The molecule has 3 fully saturated rings. The van der Waals surface area contributed by atoms with Crippen LogP contribution in [-0.4, -0.2) is 99.2 Å². The van der Waals surface area contributed by atoms with E-state index in [1.165, 1.54) is 7.11 Å². The molecule has 0 bridgehead atoms. The molecule has 0 radical (unpaired) electrons. The van der Waals surface area contributed by atoms with Crippen LogP contribution in [0.4, 0.5) is 0 Å². The lowest BCUT2D eigenvalue weighted by Crippen LogP contribution is -2.68. The van der Waals surface area contributed by atoms with Crippen molar-refractivity contribution in [2.24, 2.45) is 0 Å². The molecule has 3 aromatic carbocycles. The maximum Gasteiger partial charge on any atom is 0.187 e. The van der Waals surface area contributed by atoms with E-state index in [9.17, 15) is 5.11 Å². The monoisotopic (exact) mass is 720 g/mol. The summed E-state index contributed by atoms with van der Waals surface area (Å²) >= 11 is 0. The van der Waals surface area contributed by atoms with Crippen LogP contribution in [0.1, 0.15) is 37.0 Å². The Balaban J connectivity index is 1.34. The Hall–Kier alpha value is -3.04. The van der Waals surface area contributed by atoms with Crippen molar-refractivity contribution >= 4 is 0 Å². The fourth-order valence-electron chi connectivity index (χ4n) is 7.05. The summed E-state index contributed by atoms with van der Waals surface area (Å²) in [6, 6.07) is 29.6. The van der Waals surface area contributed by atoms with Crippen LogP contribution in [0.2, 0.25) is 0 Å². The molecule has 0 amide bonds. The molecule has 6 rings (SSSR count). The van der Waals surface area contributed by atoms with Crippen LogP contribution in [0.5, 0.6) is 0 Å². The van der Waals surface area contributed by atoms with Gasteiger partial charge in [0.2, 0.25) is 0 Å². The van der Waals surface area contributed by atoms with Crippen LogP contribution in [0.15, 0.2) is 104 Å². The molecular formula is C41H52O11. The van der Waals surface area contributed by atoms with E-state index in [1.54, 1.807) is 13.2 Å².